The molecule has 1 fully saturated rings. The second-order valence-electron chi connectivity index (χ2n) is 7.66. The summed E-state index contributed by atoms with van der Waals surface area (Å²) in [5.41, 5.74) is 0.950. The van der Waals surface area contributed by atoms with Gasteiger partial charge in [-0.2, -0.15) is 0 Å². The molecule has 5 heteroatoms. The predicted octanol–water partition coefficient (Wildman–Crippen LogP) is 5.04. The maximum Gasteiger partial charge on any atom is 0.410 e. The average molecular weight is 389 g/mol. The fourth-order valence-corrected chi connectivity index (χ4v) is 3.65. The average Bonchev–Trinajstić information content (AvgIpc) is 3.21. The topological polar surface area (TPSA) is 58.6 Å². The van der Waals surface area contributed by atoms with Crippen LogP contribution in [-0.2, 0) is 16.1 Å². The number of benzene rings is 1. The summed E-state index contributed by atoms with van der Waals surface area (Å²) in [4.78, 5) is 26.4. The van der Waals surface area contributed by atoms with Gasteiger partial charge in [-0.1, -0.05) is 82.2 Å². The Balaban J connectivity index is 1.61. The SMILES string of the molecule is CCCCCCCCCCNC(=O)[C@@H]1CCCN1C(=O)OCc1ccccc1. The lowest BCUT2D eigenvalue weighted by atomic mass is 10.1. The summed E-state index contributed by atoms with van der Waals surface area (Å²) in [5, 5.41) is 3.01. The van der Waals surface area contributed by atoms with Gasteiger partial charge < -0.3 is 10.1 Å². The molecule has 0 radical (unpaired) electrons. The molecule has 0 aromatic heterocycles. The summed E-state index contributed by atoms with van der Waals surface area (Å²) in [7, 11) is 0. The highest BCUT2D eigenvalue weighted by Crippen LogP contribution is 2.19. The number of unbranched alkanes of at least 4 members (excludes halogenated alkanes) is 7. The molecule has 2 amide bonds. The number of hydrogen-bond acceptors (Lipinski definition) is 3. The van der Waals surface area contributed by atoms with Crippen molar-refractivity contribution in [2.75, 3.05) is 13.1 Å². The first-order valence-electron chi connectivity index (χ1n) is 11.0. The molecule has 1 heterocycles. The first kappa shape index (κ1) is 22.3. The van der Waals surface area contributed by atoms with Gasteiger partial charge in [-0.15, -0.1) is 0 Å². The third kappa shape index (κ3) is 7.91. The van der Waals surface area contributed by atoms with Crippen LogP contribution in [0.1, 0.15) is 76.7 Å². The summed E-state index contributed by atoms with van der Waals surface area (Å²) in [6.07, 6.45) is 11.1. The quantitative estimate of drug-likeness (QED) is 0.510. The first-order chi connectivity index (χ1) is 13.7. The molecule has 1 N–H and O–H groups in total. The van der Waals surface area contributed by atoms with Crippen molar-refractivity contribution >= 4 is 12.0 Å². The molecule has 0 unspecified atom stereocenters. The molecule has 1 aromatic rings. The third-order valence-corrected chi connectivity index (χ3v) is 5.32. The van der Waals surface area contributed by atoms with Gasteiger partial charge in [0.25, 0.3) is 0 Å². The molecule has 5 nitrogen and oxygen atoms in total. The van der Waals surface area contributed by atoms with Gasteiger partial charge in [0, 0.05) is 13.1 Å². The number of hydrogen-bond donors (Lipinski definition) is 1. The molecule has 1 aromatic carbocycles. The van der Waals surface area contributed by atoms with Crippen LogP contribution in [-0.4, -0.2) is 36.0 Å². The van der Waals surface area contributed by atoms with Gasteiger partial charge in [0.2, 0.25) is 5.91 Å². The standard InChI is InChI=1S/C23H36N2O3/c1-2-3-4-5-6-7-8-12-17-24-22(26)21-16-13-18-25(21)23(27)28-19-20-14-10-9-11-15-20/h9-11,14-15,21H,2-8,12-13,16-19H2,1H3,(H,24,26)/t21-/m0/s1. The molecule has 1 aliphatic rings. The van der Waals surface area contributed by atoms with E-state index >= 15 is 0 Å². The van der Waals surface area contributed by atoms with Crippen LogP contribution in [0.25, 0.3) is 0 Å². The fourth-order valence-electron chi connectivity index (χ4n) is 3.65. The predicted molar refractivity (Wildman–Crippen MR) is 112 cm³/mol. The normalized spacial score (nSPS) is 16.2. The van der Waals surface area contributed by atoms with Gasteiger partial charge in [-0.25, -0.2) is 4.79 Å². The summed E-state index contributed by atoms with van der Waals surface area (Å²) in [5.74, 6) is -0.0443. The number of likely N-dealkylation sites (tertiary alicyclic amines) is 1. The van der Waals surface area contributed by atoms with E-state index in [2.05, 4.69) is 12.2 Å². The lowest BCUT2D eigenvalue weighted by Crippen LogP contribution is -2.46. The van der Waals surface area contributed by atoms with Gasteiger partial charge >= 0.3 is 6.09 Å². The third-order valence-electron chi connectivity index (χ3n) is 5.32. The van der Waals surface area contributed by atoms with Gasteiger partial charge in [0.05, 0.1) is 0 Å². The van der Waals surface area contributed by atoms with Crippen LogP contribution in [0.15, 0.2) is 30.3 Å². The van der Waals surface area contributed by atoms with Crippen molar-refractivity contribution in [1.29, 1.82) is 0 Å². The lowest BCUT2D eigenvalue weighted by Gasteiger charge is -2.23. The van der Waals surface area contributed by atoms with Crippen LogP contribution < -0.4 is 5.32 Å². The summed E-state index contributed by atoms with van der Waals surface area (Å²) < 4.78 is 5.40. The minimum Gasteiger partial charge on any atom is -0.445 e. The summed E-state index contributed by atoms with van der Waals surface area (Å²) in [6.45, 7) is 3.75. The molecular weight excluding hydrogens is 352 g/mol. The highest BCUT2D eigenvalue weighted by molar-refractivity contribution is 5.86. The number of carbonyl (C=O) groups excluding carboxylic acids is 2. The Morgan fingerprint density at radius 2 is 1.71 bits per heavy atom. The molecule has 0 spiro atoms. The van der Waals surface area contributed by atoms with Crippen molar-refractivity contribution in [3.63, 3.8) is 0 Å². The molecular formula is C23H36N2O3. The van der Waals surface area contributed by atoms with E-state index in [-0.39, 0.29) is 12.5 Å². The maximum atomic E-state index is 12.5. The van der Waals surface area contributed by atoms with Crippen LogP contribution in [0.3, 0.4) is 0 Å². The molecule has 1 aliphatic heterocycles. The van der Waals surface area contributed by atoms with Crippen molar-refractivity contribution in [1.82, 2.24) is 10.2 Å². The Morgan fingerprint density at radius 1 is 1.04 bits per heavy atom. The number of amides is 2. The van der Waals surface area contributed by atoms with Gasteiger partial charge in [0.1, 0.15) is 12.6 Å². The largest absolute Gasteiger partial charge is 0.445 e. The number of nitrogens with zero attached hydrogens (tertiary/aromatic N) is 1. The zero-order valence-corrected chi connectivity index (χ0v) is 17.3. The first-order valence-corrected chi connectivity index (χ1v) is 11.0. The van der Waals surface area contributed by atoms with Crippen molar-refractivity contribution in [3.8, 4) is 0 Å². The van der Waals surface area contributed by atoms with E-state index in [1.54, 1.807) is 4.90 Å². The fraction of sp³-hybridized carbons (Fsp3) is 0.652. The molecule has 0 saturated carbocycles. The van der Waals surface area contributed by atoms with Crippen LogP contribution in [0, 0.1) is 0 Å². The van der Waals surface area contributed by atoms with E-state index < -0.39 is 12.1 Å². The van der Waals surface area contributed by atoms with Crippen LogP contribution in [0.2, 0.25) is 0 Å². The van der Waals surface area contributed by atoms with Crippen molar-refractivity contribution in [2.24, 2.45) is 0 Å². The second kappa shape index (κ2) is 13.2. The Bertz CT molecular complexity index is 576. The minimum absolute atomic E-state index is 0.0443. The zero-order valence-electron chi connectivity index (χ0n) is 17.3. The molecule has 1 saturated heterocycles. The Kier molecular flexibility index (Phi) is 10.5. The highest BCUT2D eigenvalue weighted by atomic mass is 16.6. The van der Waals surface area contributed by atoms with Crippen molar-refractivity contribution in [2.45, 2.75) is 83.8 Å². The molecule has 0 aliphatic carbocycles. The van der Waals surface area contributed by atoms with Crippen molar-refractivity contribution in [3.05, 3.63) is 35.9 Å². The molecule has 1 atom stereocenters. The maximum absolute atomic E-state index is 12.5. The van der Waals surface area contributed by atoms with Crippen LogP contribution in [0.4, 0.5) is 4.79 Å². The Labute approximate surface area is 169 Å². The smallest absolute Gasteiger partial charge is 0.410 e. The van der Waals surface area contributed by atoms with E-state index in [9.17, 15) is 9.59 Å². The van der Waals surface area contributed by atoms with Crippen molar-refractivity contribution < 1.29 is 14.3 Å². The molecule has 0 bridgehead atoms. The number of carbonyl (C=O) groups is 2. The Morgan fingerprint density at radius 3 is 2.43 bits per heavy atom. The number of ether oxygens (including phenoxy) is 1. The van der Waals surface area contributed by atoms with E-state index in [0.29, 0.717) is 19.5 Å². The monoisotopic (exact) mass is 388 g/mol. The summed E-state index contributed by atoms with van der Waals surface area (Å²) in [6, 6.07) is 9.22. The zero-order chi connectivity index (χ0) is 20.0. The number of rotatable bonds is 12. The van der Waals surface area contributed by atoms with E-state index in [1.807, 2.05) is 30.3 Å². The van der Waals surface area contributed by atoms with Gasteiger partial charge in [0.15, 0.2) is 0 Å². The molecule has 156 valence electrons. The van der Waals surface area contributed by atoms with E-state index in [1.165, 1.54) is 38.5 Å². The van der Waals surface area contributed by atoms with Gasteiger partial charge in [-0.3, -0.25) is 9.69 Å². The van der Waals surface area contributed by atoms with Gasteiger partial charge in [-0.05, 0) is 24.8 Å². The van der Waals surface area contributed by atoms with Crippen LogP contribution in [0.5, 0.6) is 0 Å². The van der Waals surface area contributed by atoms with E-state index in [4.69, 9.17) is 4.74 Å². The van der Waals surface area contributed by atoms with E-state index in [0.717, 1.165) is 24.8 Å². The van der Waals surface area contributed by atoms with Crippen LogP contribution >= 0.6 is 0 Å². The second-order valence-corrected chi connectivity index (χ2v) is 7.66. The molecule has 28 heavy (non-hydrogen) atoms. The highest BCUT2D eigenvalue weighted by Gasteiger charge is 2.34. The Hall–Kier alpha value is -2.04. The lowest BCUT2D eigenvalue weighted by molar-refractivity contribution is -0.125. The molecule has 2 rings (SSSR count). The number of nitrogens with one attached hydrogen (secondary N) is 1. The summed E-state index contributed by atoms with van der Waals surface area (Å²) >= 11 is 0. The minimum atomic E-state index is -0.395.